The Morgan fingerprint density at radius 3 is 2.31 bits per heavy atom. The molecule has 2 aromatic carbocycles. The van der Waals surface area contributed by atoms with Crippen LogP contribution in [0.1, 0.15) is 15.2 Å². The van der Waals surface area contributed by atoms with Crippen molar-refractivity contribution in [3.63, 3.8) is 0 Å². The third kappa shape index (κ3) is 5.75. The van der Waals surface area contributed by atoms with E-state index in [0.29, 0.717) is 17.8 Å². The van der Waals surface area contributed by atoms with Crippen LogP contribution in [0.5, 0.6) is 0 Å². The van der Waals surface area contributed by atoms with Gasteiger partial charge in [0.25, 0.3) is 0 Å². The molecule has 3 N–H and O–H groups in total. The molecule has 1 aromatic heterocycles. The van der Waals surface area contributed by atoms with E-state index < -0.39 is 5.91 Å². The van der Waals surface area contributed by atoms with Crippen molar-refractivity contribution < 1.29 is 9.59 Å². The third-order valence-electron chi connectivity index (χ3n) is 5.47. The van der Waals surface area contributed by atoms with Crippen molar-refractivity contribution in [3.8, 4) is 10.4 Å². The lowest BCUT2D eigenvalue weighted by molar-refractivity contribution is -0.117. The van der Waals surface area contributed by atoms with Crippen molar-refractivity contribution in [1.82, 2.24) is 9.80 Å². The number of halogens is 1. The van der Waals surface area contributed by atoms with Crippen LogP contribution in [-0.2, 0) is 11.3 Å². The van der Waals surface area contributed by atoms with Crippen LogP contribution in [-0.4, -0.2) is 54.3 Å². The lowest BCUT2D eigenvalue weighted by atomic mass is 10.2. The number of anilines is 1. The van der Waals surface area contributed by atoms with Crippen molar-refractivity contribution in [1.29, 1.82) is 0 Å². The number of benzene rings is 2. The first-order valence-corrected chi connectivity index (χ1v) is 11.7. The first-order chi connectivity index (χ1) is 15.5. The molecule has 4 rings (SSSR count). The van der Waals surface area contributed by atoms with Crippen LogP contribution in [0.15, 0.2) is 60.7 Å². The minimum Gasteiger partial charge on any atom is -0.366 e. The Hall–Kier alpha value is -2.71. The summed E-state index contributed by atoms with van der Waals surface area (Å²) in [7, 11) is 0. The second kappa shape index (κ2) is 10.3. The van der Waals surface area contributed by atoms with Gasteiger partial charge < -0.3 is 11.1 Å². The van der Waals surface area contributed by atoms with Crippen LogP contribution in [0.25, 0.3) is 10.4 Å². The summed E-state index contributed by atoms with van der Waals surface area (Å²) >= 11 is 8.10. The zero-order valence-electron chi connectivity index (χ0n) is 17.6. The van der Waals surface area contributed by atoms with Crippen LogP contribution in [0.2, 0.25) is 5.02 Å². The number of hydrogen-bond donors (Lipinski definition) is 2. The van der Waals surface area contributed by atoms with Gasteiger partial charge in [0.05, 0.1) is 6.54 Å². The molecule has 0 unspecified atom stereocenters. The van der Waals surface area contributed by atoms with Gasteiger partial charge in [-0.15, -0.1) is 11.3 Å². The smallest absolute Gasteiger partial charge is 0.248 e. The molecule has 0 radical (unpaired) electrons. The van der Waals surface area contributed by atoms with Gasteiger partial charge >= 0.3 is 0 Å². The number of carbonyl (C=O) groups is 2. The molecule has 166 valence electrons. The van der Waals surface area contributed by atoms with E-state index >= 15 is 0 Å². The number of nitrogens with one attached hydrogen (secondary N) is 1. The number of carbonyl (C=O) groups excluding carboxylic acids is 2. The summed E-state index contributed by atoms with van der Waals surface area (Å²) in [4.78, 5) is 30.6. The Labute approximate surface area is 196 Å². The average Bonchev–Trinajstić information content (AvgIpc) is 3.24. The molecular formula is C24H25ClN4O2S. The molecule has 2 amide bonds. The maximum absolute atomic E-state index is 12.4. The first-order valence-electron chi connectivity index (χ1n) is 10.5. The second-order valence-electron chi connectivity index (χ2n) is 7.79. The number of thiophene rings is 1. The zero-order chi connectivity index (χ0) is 22.5. The van der Waals surface area contributed by atoms with E-state index in [9.17, 15) is 9.59 Å². The zero-order valence-corrected chi connectivity index (χ0v) is 19.2. The monoisotopic (exact) mass is 468 g/mol. The fourth-order valence-electron chi connectivity index (χ4n) is 3.72. The number of rotatable bonds is 7. The minimum absolute atomic E-state index is 0.0621. The topological polar surface area (TPSA) is 78.7 Å². The maximum atomic E-state index is 12.4. The number of nitrogens with two attached hydrogens (primary N) is 1. The molecule has 1 aliphatic rings. The number of piperazine rings is 1. The first kappa shape index (κ1) is 22.5. The van der Waals surface area contributed by atoms with Crippen LogP contribution in [0.3, 0.4) is 0 Å². The molecule has 2 heterocycles. The van der Waals surface area contributed by atoms with E-state index in [-0.39, 0.29) is 5.91 Å². The summed E-state index contributed by atoms with van der Waals surface area (Å²) in [6.07, 6.45) is 0. The van der Waals surface area contributed by atoms with Gasteiger partial charge in [0.15, 0.2) is 0 Å². The van der Waals surface area contributed by atoms with Crippen molar-refractivity contribution in [2.45, 2.75) is 6.54 Å². The standard InChI is InChI=1S/C24H25ClN4O2S/c25-21-4-2-1-3-20(21)22-10-9-19(32-22)15-28-11-13-29(14-12-28)16-23(30)27-18-7-5-17(6-8-18)24(26)31/h1-10H,11-16H2,(H2,26,31)(H,27,30). The number of nitrogens with zero attached hydrogens (tertiary/aromatic N) is 2. The molecule has 0 saturated carbocycles. The summed E-state index contributed by atoms with van der Waals surface area (Å²) < 4.78 is 0. The molecule has 0 atom stereocenters. The van der Waals surface area contributed by atoms with Crippen LogP contribution < -0.4 is 11.1 Å². The fraction of sp³-hybridized carbons (Fsp3) is 0.250. The fourth-order valence-corrected chi connectivity index (χ4v) is 5.10. The molecule has 1 fully saturated rings. The quantitative estimate of drug-likeness (QED) is 0.550. The maximum Gasteiger partial charge on any atom is 0.248 e. The Morgan fingerprint density at radius 2 is 1.62 bits per heavy atom. The number of primary amides is 1. The SMILES string of the molecule is NC(=O)c1ccc(NC(=O)CN2CCN(Cc3ccc(-c4ccccc4Cl)s3)CC2)cc1. The van der Waals surface area contributed by atoms with Crippen LogP contribution in [0.4, 0.5) is 5.69 Å². The normalized spacial score (nSPS) is 14.9. The van der Waals surface area contributed by atoms with E-state index in [1.54, 1.807) is 35.6 Å². The minimum atomic E-state index is -0.483. The van der Waals surface area contributed by atoms with Gasteiger partial charge in [-0.05, 0) is 42.5 Å². The molecule has 8 heteroatoms. The van der Waals surface area contributed by atoms with Gasteiger partial charge in [0.2, 0.25) is 11.8 Å². The van der Waals surface area contributed by atoms with E-state index in [4.69, 9.17) is 17.3 Å². The molecule has 3 aromatic rings. The predicted octanol–water partition coefficient (Wildman–Crippen LogP) is 3.92. The largest absolute Gasteiger partial charge is 0.366 e. The lowest BCUT2D eigenvalue weighted by Gasteiger charge is -2.34. The molecule has 32 heavy (non-hydrogen) atoms. The summed E-state index contributed by atoms with van der Waals surface area (Å²) in [6.45, 7) is 4.77. The van der Waals surface area contributed by atoms with E-state index in [1.807, 2.05) is 24.3 Å². The summed E-state index contributed by atoms with van der Waals surface area (Å²) in [5.74, 6) is -0.545. The highest BCUT2D eigenvalue weighted by atomic mass is 35.5. The summed E-state index contributed by atoms with van der Waals surface area (Å²) in [5.41, 5.74) is 7.39. The summed E-state index contributed by atoms with van der Waals surface area (Å²) in [6, 6.07) is 18.8. The predicted molar refractivity (Wildman–Crippen MR) is 130 cm³/mol. The Morgan fingerprint density at radius 1 is 0.938 bits per heavy atom. The molecule has 0 aliphatic carbocycles. The molecule has 6 nitrogen and oxygen atoms in total. The van der Waals surface area contributed by atoms with Gasteiger partial charge in [-0.3, -0.25) is 19.4 Å². The van der Waals surface area contributed by atoms with Crippen molar-refractivity contribution in [3.05, 3.63) is 76.1 Å². The van der Waals surface area contributed by atoms with Gasteiger partial charge in [-0.2, -0.15) is 0 Å². The third-order valence-corrected chi connectivity index (χ3v) is 6.90. The van der Waals surface area contributed by atoms with Crippen LogP contribution in [0, 0.1) is 0 Å². The Balaban J connectivity index is 1.23. The molecule has 0 bridgehead atoms. The average molecular weight is 469 g/mol. The second-order valence-corrected chi connectivity index (χ2v) is 9.36. The Bertz CT molecular complexity index is 1090. The highest BCUT2D eigenvalue weighted by Gasteiger charge is 2.20. The van der Waals surface area contributed by atoms with Gasteiger partial charge in [0.1, 0.15) is 0 Å². The van der Waals surface area contributed by atoms with E-state index in [2.05, 4.69) is 27.2 Å². The van der Waals surface area contributed by atoms with Gasteiger partial charge in [0, 0.05) is 64.3 Å². The summed E-state index contributed by atoms with van der Waals surface area (Å²) in [5, 5.41) is 3.65. The molecule has 1 saturated heterocycles. The number of amides is 2. The van der Waals surface area contributed by atoms with Crippen molar-refractivity contribution in [2.24, 2.45) is 5.73 Å². The van der Waals surface area contributed by atoms with Gasteiger partial charge in [-0.1, -0.05) is 29.8 Å². The van der Waals surface area contributed by atoms with E-state index in [1.165, 1.54) is 9.75 Å². The molecule has 1 aliphatic heterocycles. The van der Waals surface area contributed by atoms with Crippen LogP contribution >= 0.6 is 22.9 Å². The Kier molecular flexibility index (Phi) is 7.22. The highest BCUT2D eigenvalue weighted by molar-refractivity contribution is 7.15. The molecular weight excluding hydrogens is 444 g/mol. The lowest BCUT2D eigenvalue weighted by Crippen LogP contribution is -2.48. The van der Waals surface area contributed by atoms with E-state index in [0.717, 1.165) is 43.3 Å². The highest BCUT2D eigenvalue weighted by Crippen LogP contribution is 2.33. The molecule has 0 spiro atoms. The van der Waals surface area contributed by atoms with Gasteiger partial charge in [-0.25, -0.2) is 0 Å². The van der Waals surface area contributed by atoms with Crippen molar-refractivity contribution >= 4 is 40.4 Å². The number of hydrogen-bond acceptors (Lipinski definition) is 5. The van der Waals surface area contributed by atoms with Crippen molar-refractivity contribution in [2.75, 3.05) is 38.0 Å².